The van der Waals surface area contributed by atoms with Crippen molar-refractivity contribution in [1.29, 1.82) is 0 Å². The smallest absolute Gasteiger partial charge is 0.264 e. The van der Waals surface area contributed by atoms with E-state index in [-0.39, 0.29) is 23.0 Å². The van der Waals surface area contributed by atoms with Crippen LogP contribution in [-0.2, 0) is 14.8 Å². The van der Waals surface area contributed by atoms with Gasteiger partial charge in [-0.05, 0) is 61.0 Å². The second-order valence-electron chi connectivity index (χ2n) is 7.35. The third kappa shape index (κ3) is 4.42. The first kappa shape index (κ1) is 22.1. The van der Waals surface area contributed by atoms with Crippen molar-refractivity contribution in [3.05, 3.63) is 89.2 Å². The molecule has 6 nitrogen and oxygen atoms in total. The zero-order valence-electron chi connectivity index (χ0n) is 17.0. The number of nitrogens with zero attached hydrogens (tertiary/aromatic N) is 1. The maximum absolute atomic E-state index is 13.4. The molecule has 0 saturated heterocycles. The molecule has 2 atom stereocenters. The first-order valence-electron chi connectivity index (χ1n) is 9.85. The van der Waals surface area contributed by atoms with Gasteiger partial charge in [0.2, 0.25) is 0 Å². The van der Waals surface area contributed by atoms with Crippen molar-refractivity contribution in [3.8, 4) is 5.75 Å². The number of sulfonamides is 1. The van der Waals surface area contributed by atoms with Gasteiger partial charge in [-0.3, -0.25) is 9.10 Å². The van der Waals surface area contributed by atoms with Gasteiger partial charge in [0.15, 0.2) is 6.10 Å². The summed E-state index contributed by atoms with van der Waals surface area (Å²) < 4.78 is 46.9. The number of carbonyl (C=O) groups excluding carboxylic acids is 1. The molecule has 1 N–H and O–H groups in total. The fraction of sp³-hybridized carbons (Fsp3) is 0.174. The number of nitrogens with one attached hydrogen (secondary N) is 1. The van der Waals surface area contributed by atoms with Crippen molar-refractivity contribution < 1.29 is 22.3 Å². The fourth-order valence-corrected chi connectivity index (χ4v) is 5.04. The van der Waals surface area contributed by atoms with Crippen molar-refractivity contribution in [2.45, 2.75) is 24.0 Å². The molecule has 0 bridgehead atoms. The Labute approximate surface area is 190 Å². The molecule has 0 radical (unpaired) electrons. The van der Waals surface area contributed by atoms with Crippen LogP contribution in [0.25, 0.3) is 0 Å². The first-order chi connectivity index (χ1) is 15.3. The lowest BCUT2D eigenvalue weighted by atomic mass is 10.1. The van der Waals surface area contributed by atoms with Gasteiger partial charge in [-0.25, -0.2) is 12.8 Å². The highest BCUT2D eigenvalue weighted by Crippen LogP contribution is 2.37. The fourth-order valence-electron chi connectivity index (χ4n) is 3.44. The molecule has 0 unspecified atom stereocenters. The lowest BCUT2D eigenvalue weighted by Gasteiger charge is -2.35. The molecule has 1 heterocycles. The van der Waals surface area contributed by atoms with Crippen LogP contribution in [0.1, 0.15) is 18.5 Å². The molecule has 1 amide bonds. The van der Waals surface area contributed by atoms with Crippen LogP contribution in [0.2, 0.25) is 5.02 Å². The number of anilines is 1. The third-order valence-electron chi connectivity index (χ3n) is 5.16. The lowest BCUT2D eigenvalue weighted by molar-refractivity contribution is -0.128. The van der Waals surface area contributed by atoms with Gasteiger partial charge in [-0.1, -0.05) is 35.9 Å². The van der Waals surface area contributed by atoms with Crippen LogP contribution in [0.3, 0.4) is 0 Å². The van der Waals surface area contributed by atoms with E-state index in [0.717, 1.165) is 0 Å². The van der Waals surface area contributed by atoms with Crippen LogP contribution in [-0.4, -0.2) is 27.0 Å². The number of hydrogen-bond donors (Lipinski definition) is 1. The number of amides is 1. The van der Waals surface area contributed by atoms with Crippen LogP contribution >= 0.6 is 11.6 Å². The summed E-state index contributed by atoms with van der Waals surface area (Å²) in [6, 6.07) is 17.8. The predicted octanol–water partition coefficient (Wildman–Crippen LogP) is 4.31. The summed E-state index contributed by atoms with van der Waals surface area (Å²) in [6.07, 6.45) is -1.07. The average Bonchev–Trinajstić information content (AvgIpc) is 2.79. The Balaban J connectivity index is 1.61. The van der Waals surface area contributed by atoms with E-state index in [1.165, 1.54) is 40.7 Å². The molecule has 1 aliphatic heterocycles. The average molecular weight is 475 g/mol. The number of ether oxygens (including phenoxy) is 1. The largest absolute Gasteiger partial charge is 0.476 e. The zero-order chi connectivity index (χ0) is 22.9. The summed E-state index contributed by atoms with van der Waals surface area (Å²) >= 11 is 5.90. The standard InChI is InChI=1S/C23H20ClFN2O4S/c1-15(16-6-10-18(25)11-7-16)26-23(28)22-14-27(20-4-2-3-5-21(20)31-22)32(29,30)19-12-8-17(24)9-13-19/h2-13,15,22H,14H2,1H3,(H,26,28)/t15-,22-/m1/s1. The Morgan fingerprint density at radius 3 is 2.44 bits per heavy atom. The van der Waals surface area contributed by atoms with Gasteiger partial charge in [0.25, 0.3) is 15.9 Å². The number of para-hydroxylation sites is 2. The quantitative estimate of drug-likeness (QED) is 0.597. The predicted molar refractivity (Wildman–Crippen MR) is 120 cm³/mol. The number of rotatable bonds is 5. The van der Waals surface area contributed by atoms with Gasteiger partial charge >= 0.3 is 0 Å². The minimum absolute atomic E-state index is 0.0532. The molecule has 3 aromatic rings. The summed E-state index contributed by atoms with van der Waals surface area (Å²) in [4.78, 5) is 13.0. The Hall–Kier alpha value is -3.10. The summed E-state index contributed by atoms with van der Waals surface area (Å²) in [7, 11) is -3.97. The molecule has 0 spiro atoms. The molecule has 0 fully saturated rings. The molecular formula is C23H20ClFN2O4S. The Bertz CT molecular complexity index is 1230. The van der Waals surface area contributed by atoms with E-state index in [1.807, 2.05) is 0 Å². The monoisotopic (exact) mass is 474 g/mol. The number of hydrogen-bond acceptors (Lipinski definition) is 4. The summed E-state index contributed by atoms with van der Waals surface area (Å²) in [5, 5.41) is 3.23. The van der Waals surface area contributed by atoms with Gasteiger partial charge in [0.1, 0.15) is 11.6 Å². The summed E-state index contributed by atoms with van der Waals surface area (Å²) in [5.41, 5.74) is 1.06. The van der Waals surface area contributed by atoms with Crippen LogP contribution in [0.4, 0.5) is 10.1 Å². The highest BCUT2D eigenvalue weighted by atomic mass is 35.5. The number of benzene rings is 3. The molecule has 9 heteroatoms. The zero-order valence-corrected chi connectivity index (χ0v) is 18.6. The first-order valence-corrected chi connectivity index (χ1v) is 11.7. The molecule has 166 valence electrons. The van der Waals surface area contributed by atoms with Crippen molar-refractivity contribution in [2.24, 2.45) is 0 Å². The molecule has 0 saturated carbocycles. The molecule has 0 aliphatic carbocycles. The van der Waals surface area contributed by atoms with Crippen molar-refractivity contribution in [1.82, 2.24) is 5.32 Å². The second kappa shape index (κ2) is 8.80. The van der Waals surface area contributed by atoms with Crippen molar-refractivity contribution in [3.63, 3.8) is 0 Å². The van der Waals surface area contributed by atoms with E-state index in [2.05, 4.69) is 5.32 Å². The maximum atomic E-state index is 13.4. The van der Waals surface area contributed by atoms with Crippen LogP contribution < -0.4 is 14.4 Å². The van der Waals surface area contributed by atoms with Gasteiger partial charge in [0, 0.05) is 5.02 Å². The molecule has 32 heavy (non-hydrogen) atoms. The maximum Gasteiger partial charge on any atom is 0.264 e. The second-order valence-corrected chi connectivity index (χ2v) is 9.64. The minimum Gasteiger partial charge on any atom is -0.476 e. The highest BCUT2D eigenvalue weighted by molar-refractivity contribution is 7.92. The Morgan fingerprint density at radius 2 is 1.75 bits per heavy atom. The minimum atomic E-state index is -3.97. The normalized spacial score (nSPS) is 16.6. The number of fused-ring (bicyclic) bond motifs is 1. The van der Waals surface area contributed by atoms with Crippen LogP contribution in [0.5, 0.6) is 5.75 Å². The van der Waals surface area contributed by atoms with E-state index in [4.69, 9.17) is 16.3 Å². The van der Waals surface area contributed by atoms with E-state index < -0.39 is 28.1 Å². The van der Waals surface area contributed by atoms with E-state index in [9.17, 15) is 17.6 Å². The van der Waals surface area contributed by atoms with Crippen molar-refractivity contribution in [2.75, 3.05) is 10.8 Å². The van der Waals surface area contributed by atoms with Crippen LogP contribution in [0, 0.1) is 5.82 Å². The SMILES string of the molecule is C[C@@H](NC(=O)[C@H]1CN(S(=O)(=O)c2ccc(Cl)cc2)c2ccccc2O1)c1ccc(F)cc1. The molecule has 3 aromatic carbocycles. The van der Waals surface area contributed by atoms with Crippen LogP contribution in [0.15, 0.2) is 77.7 Å². The summed E-state index contributed by atoms with van der Waals surface area (Å²) in [6.45, 7) is 1.55. The molecule has 1 aliphatic rings. The summed E-state index contributed by atoms with van der Waals surface area (Å²) in [5.74, 6) is -0.568. The van der Waals surface area contributed by atoms with Gasteiger partial charge in [-0.2, -0.15) is 0 Å². The number of carbonyl (C=O) groups is 1. The van der Waals surface area contributed by atoms with Gasteiger partial charge in [-0.15, -0.1) is 0 Å². The Morgan fingerprint density at radius 1 is 1.09 bits per heavy atom. The molecular weight excluding hydrogens is 455 g/mol. The van der Waals surface area contributed by atoms with E-state index in [0.29, 0.717) is 16.3 Å². The van der Waals surface area contributed by atoms with E-state index in [1.54, 1.807) is 43.3 Å². The highest BCUT2D eigenvalue weighted by Gasteiger charge is 2.37. The third-order valence-corrected chi connectivity index (χ3v) is 7.20. The molecule has 4 rings (SSSR count). The van der Waals surface area contributed by atoms with Crippen molar-refractivity contribution >= 4 is 33.2 Å². The van der Waals surface area contributed by atoms with Gasteiger partial charge in [0.05, 0.1) is 23.2 Å². The number of halogens is 2. The Kier molecular flexibility index (Phi) is 6.08. The topological polar surface area (TPSA) is 75.7 Å². The lowest BCUT2D eigenvalue weighted by Crippen LogP contribution is -2.51. The van der Waals surface area contributed by atoms with E-state index >= 15 is 0 Å². The molecule has 0 aromatic heterocycles. The van der Waals surface area contributed by atoms with Gasteiger partial charge < -0.3 is 10.1 Å².